The average molecular weight is 245 g/mol. The van der Waals surface area contributed by atoms with Gasteiger partial charge in [-0.3, -0.25) is 10.1 Å². The van der Waals surface area contributed by atoms with Crippen LogP contribution in [0.4, 0.5) is 0 Å². The second-order valence-corrected chi connectivity index (χ2v) is 5.12. The van der Waals surface area contributed by atoms with Crippen molar-refractivity contribution in [2.24, 2.45) is 5.41 Å². The summed E-state index contributed by atoms with van der Waals surface area (Å²) >= 11 is 0. The van der Waals surface area contributed by atoms with Gasteiger partial charge in [0.1, 0.15) is 5.54 Å². The van der Waals surface area contributed by atoms with Crippen molar-refractivity contribution >= 4 is 13.1 Å². The first-order valence-electron chi connectivity index (χ1n) is 5.76. The highest BCUT2D eigenvalue weighted by molar-refractivity contribution is 6.40. The maximum Gasteiger partial charge on any atom is 0.451 e. The molecule has 0 aromatic heterocycles. The monoisotopic (exact) mass is 245 g/mol. The van der Waals surface area contributed by atoms with Gasteiger partial charge in [0.15, 0.2) is 0 Å². The van der Waals surface area contributed by atoms with Gasteiger partial charge in [-0.05, 0) is 19.7 Å². The molecule has 1 aliphatic heterocycles. The Morgan fingerprint density at radius 2 is 2.06 bits per heavy atom. The average Bonchev–Trinajstić information content (AvgIpc) is 2.44. The van der Waals surface area contributed by atoms with Crippen molar-refractivity contribution in [2.75, 3.05) is 6.54 Å². The van der Waals surface area contributed by atoms with Gasteiger partial charge in [-0.1, -0.05) is 13.3 Å². The minimum atomic E-state index is -1.39. The van der Waals surface area contributed by atoms with E-state index in [1.54, 1.807) is 13.8 Å². The Morgan fingerprint density at radius 1 is 1.47 bits per heavy atom. The number of rotatable bonds is 5. The highest BCUT2D eigenvalue weighted by Crippen LogP contribution is 2.43. The predicted octanol–water partition coefficient (Wildman–Crippen LogP) is -0.947. The Labute approximate surface area is 101 Å². The lowest BCUT2D eigenvalue weighted by Gasteiger charge is -2.39. The molecule has 6 nitrogen and oxygen atoms in total. The second-order valence-electron chi connectivity index (χ2n) is 5.12. The summed E-state index contributed by atoms with van der Waals surface area (Å²) in [6.07, 6.45) is 0.300. The Balaban J connectivity index is 2.78. The fourth-order valence-electron chi connectivity index (χ4n) is 2.45. The third-order valence-electron chi connectivity index (χ3n) is 4.11. The van der Waals surface area contributed by atoms with Crippen LogP contribution >= 0.6 is 0 Å². The van der Waals surface area contributed by atoms with Crippen LogP contribution in [0, 0.1) is 5.41 Å². The molecule has 1 saturated heterocycles. The number of hydrogen-bond acceptors (Lipinski definition) is 5. The lowest BCUT2D eigenvalue weighted by Crippen LogP contribution is -2.56. The van der Waals surface area contributed by atoms with Gasteiger partial charge in [-0.2, -0.15) is 0 Å². The lowest BCUT2D eigenvalue weighted by atomic mass is 9.66. The number of carboxylic acids is 1. The van der Waals surface area contributed by atoms with Crippen molar-refractivity contribution in [3.8, 4) is 0 Å². The first-order chi connectivity index (χ1) is 7.74. The molecule has 0 saturated carbocycles. The molecule has 0 amide bonds. The topological polar surface area (TPSA) is 110 Å². The summed E-state index contributed by atoms with van der Waals surface area (Å²) in [4.78, 5) is 11.3. The third-order valence-corrected chi connectivity index (χ3v) is 4.11. The van der Waals surface area contributed by atoms with Crippen LogP contribution in [0.15, 0.2) is 0 Å². The van der Waals surface area contributed by atoms with E-state index in [0.717, 1.165) is 0 Å². The smallest absolute Gasteiger partial charge is 0.451 e. The van der Waals surface area contributed by atoms with Crippen molar-refractivity contribution < 1.29 is 25.1 Å². The molecule has 1 heterocycles. The minimum absolute atomic E-state index is 0.179. The van der Waals surface area contributed by atoms with E-state index in [1.807, 2.05) is 0 Å². The number of aliphatic hydroxyl groups is 1. The number of carbonyl (C=O) groups is 1. The van der Waals surface area contributed by atoms with Crippen molar-refractivity contribution in [3.05, 3.63) is 0 Å². The number of β-amino-alcohol motifs (C(OH)–C–C–N with tert-alkyl or cyclic N) is 1. The van der Waals surface area contributed by atoms with Crippen molar-refractivity contribution in [3.63, 3.8) is 0 Å². The number of carboxylic acid groups (broad SMARTS) is 1. The molecule has 0 bridgehead atoms. The maximum absolute atomic E-state index is 11.3. The molecule has 3 atom stereocenters. The zero-order valence-corrected chi connectivity index (χ0v) is 10.2. The summed E-state index contributed by atoms with van der Waals surface area (Å²) in [5.41, 5.74) is -2.00. The maximum atomic E-state index is 11.3. The largest absolute Gasteiger partial charge is 0.480 e. The summed E-state index contributed by atoms with van der Waals surface area (Å²) in [5, 5.41) is 39.6. The van der Waals surface area contributed by atoms with Crippen molar-refractivity contribution in [2.45, 2.75) is 44.7 Å². The summed E-state index contributed by atoms with van der Waals surface area (Å²) in [6, 6.07) is 0. The molecule has 5 N–H and O–H groups in total. The van der Waals surface area contributed by atoms with Crippen LogP contribution in [-0.4, -0.2) is 51.5 Å². The van der Waals surface area contributed by atoms with Gasteiger partial charge in [-0.15, -0.1) is 0 Å². The molecule has 0 spiro atoms. The fourth-order valence-corrected chi connectivity index (χ4v) is 2.45. The van der Waals surface area contributed by atoms with Gasteiger partial charge < -0.3 is 20.3 Å². The summed E-state index contributed by atoms with van der Waals surface area (Å²) in [5.74, 6) is -0.999. The first kappa shape index (κ1) is 14.4. The van der Waals surface area contributed by atoms with Crippen LogP contribution in [0.25, 0.3) is 0 Å². The van der Waals surface area contributed by atoms with E-state index in [4.69, 9.17) is 10.0 Å². The van der Waals surface area contributed by atoms with Gasteiger partial charge in [0.05, 0.1) is 6.10 Å². The molecule has 0 aromatic rings. The molecular weight excluding hydrogens is 225 g/mol. The molecule has 98 valence electrons. The first-order valence-corrected chi connectivity index (χ1v) is 5.76. The number of aliphatic carboxylic acids is 1. The normalized spacial score (nSPS) is 37.1. The second kappa shape index (κ2) is 4.93. The SMILES string of the molecule is CC1(C(=O)O)NCC(O)C1(C)CCCB(O)O. The standard InChI is InChI=1S/C10H20BNO5/c1-9(4-3-5-11(16)17)7(13)6-12-10(9,2)8(14)15/h7,12-13,16-17H,3-6H2,1-2H3,(H,14,15). The summed E-state index contributed by atoms with van der Waals surface area (Å²) in [6.45, 7) is 3.51. The van der Waals surface area contributed by atoms with Crippen LogP contribution < -0.4 is 5.32 Å². The molecule has 0 radical (unpaired) electrons. The Kier molecular flexibility index (Phi) is 4.19. The van der Waals surface area contributed by atoms with Gasteiger partial charge in [0.25, 0.3) is 0 Å². The molecule has 7 heteroatoms. The summed E-state index contributed by atoms with van der Waals surface area (Å²) in [7, 11) is -1.39. The van der Waals surface area contributed by atoms with Crippen LogP contribution in [-0.2, 0) is 4.79 Å². The zero-order valence-electron chi connectivity index (χ0n) is 10.2. The molecule has 1 rings (SSSR count). The van der Waals surface area contributed by atoms with Crippen LogP contribution in [0.3, 0.4) is 0 Å². The number of aliphatic hydroxyl groups excluding tert-OH is 1. The van der Waals surface area contributed by atoms with E-state index in [1.165, 1.54) is 0 Å². The Hall–Kier alpha value is -0.625. The molecule has 1 fully saturated rings. The molecule has 1 aliphatic rings. The van der Waals surface area contributed by atoms with E-state index in [0.29, 0.717) is 12.8 Å². The molecule has 17 heavy (non-hydrogen) atoms. The van der Waals surface area contributed by atoms with Gasteiger partial charge in [-0.25, -0.2) is 0 Å². The number of nitrogens with one attached hydrogen (secondary N) is 1. The fraction of sp³-hybridized carbons (Fsp3) is 0.900. The van der Waals surface area contributed by atoms with Crippen molar-refractivity contribution in [1.82, 2.24) is 5.32 Å². The molecule has 3 unspecified atom stereocenters. The molecule has 0 aliphatic carbocycles. The molecular formula is C10H20BNO5. The van der Waals surface area contributed by atoms with E-state index in [9.17, 15) is 15.0 Å². The Morgan fingerprint density at radius 3 is 2.53 bits per heavy atom. The van der Waals surface area contributed by atoms with E-state index in [2.05, 4.69) is 5.32 Å². The van der Waals surface area contributed by atoms with E-state index >= 15 is 0 Å². The van der Waals surface area contributed by atoms with E-state index in [-0.39, 0.29) is 12.9 Å². The van der Waals surface area contributed by atoms with Crippen LogP contribution in [0.2, 0.25) is 6.32 Å². The van der Waals surface area contributed by atoms with Crippen LogP contribution in [0.5, 0.6) is 0 Å². The zero-order chi connectivity index (χ0) is 13.3. The highest BCUT2D eigenvalue weighted by Gasteiger charge is 2.58. The Bertz CT molecular complexity index is 300. The predicted molar refractivity (Wildman–Crippen MR) is 62.4 cm³/mol. The molecule has 0 aromatic carbocycles. The van der Waals surface area contributed by atoms with Gasteiger partial charge in [0.2, 0.25) is 0 Å². The van der Waals surface area contributed by atoms with Crippen LogP contribution in [0.1, 0.15) is 26.7 Å². The lowest BCUT2D eigenvalue weighted by molar-refractivity contribution is -0.150. The van der Waals surface area contributed by atoms with Crippen molar-refractivity contribution in [1.29, 1.82) is 0 Å². The summed E-state index contributed by atoms with van der Waals surface area (Å²) < 4.78 is 0. The van der Waals surface area contributed by atoms with Gasteiger partial charge in [0, 0.05) is 12.0 Å². The highest BCUT2D eigenvalue weighted by atomic mass is 16.4. The van der Waals surface area contributed by atoms with E-state index < -0.39 is 30.1 Å². The number of hydrogen-bond donors (Lipinski definition) is 5. The van der Waals surface area contributed by atoms with Gasteiger partial charge >= 0.3 is 13.1 Å². The third kappa shape index (κ3) is 2.47. The quantitative estimate of drug-likeness (QED) is 0.399. The minimum Gasteiger partial charge on any atom is -0.480 e.